The Bertz CT molecular complexity index is 516. The zero-order valence-electron chi connectivity index (χ0n) is 10.2. The van der Waals surface area contributed by atoms with Crippen molar-refractivity contribution in [2.45, 2.75) is 11.8 Å². The van der Waals surface area contributed by atoms with Crippen LogP contribution in [0.3, 0.4) is 0 Å². The third-order valence-electron chi connectivity index (χ3n) is 2.14. The quantitative estimate of drug-likeness (QED) is 0.650. The molecule has 0 bridgehead atoms. The van der Waals surface area contributed by atoms with Gasteiger partial charge in [-0.25, -0.2) is 13.1 Å². The molecule has 0 aliphatic carbocycles. The van der Waals surface area contributed by atoms with Crippen LogP contribution in [0.1, 0.15) is 6.92 Å². The van der Waals surface area contributed by atoms with E-state index >= 15 is 0 Å². The molecule has 3 N–H and O–H groups in total. The van der Waals surface area contributed by atoms with E-state index < -0.39 is 15.9 Å². The van der Waals surface area contributed by atoms with E-state index in [-0.39, 0.29) is 11.4 Å². The smallest absolute Gasteiger partial charge is 0.244 e. The number of nitrogens with zero attached hydrogens (tertiary/aromatic N) is 1. The first-order valence-corrected chi connectivity index (χ1v) is 6.87. The summed E-state index contributed by atoms with van der Waals surface area (Å²) in [4.78, 5) is 14.8. The number of pyridine rings is 1. The Hall–Kier alpha value is -1.67. The number of rotatable bonds is 6. The maximum atomic E-state index is 12.0. The molecule has 0 atom stereocenters. The lowest BCUT2D eigenvalue weighted by atomic mass is 10.4. The van der Waals surface area contributed by atoms with E-state index in [4.69, 9.17) is 0 Å². The predicted molar refractivity (Wildman–Crippen MR) is 67.7 cm³/mol. The number of carbonyl (C=O) groups excluding carboxylic acids is 1. The fraction of sp³-hybridized carbons (Fsp3) is 0.400. The standard InChI is InChI=1S/C10H16N4O3S/c1-3-13-8-4-5-12-6-9(8)18(16,17)14-7-10(15)11-2/h4-6,14H,3,7H2,1-2H3,(H,11,15)(H,12,13). The van der Waals surface area contributed by atoms with Crippen LogP contribution in [-0.2, 0) is 14.8 Å². The van der Waals surface area contributed by atoms with E-state index in [1.165, 1.54) is 19.4 Å². The molecule has 0 saturated carbocycles. The van der Waals surface area contributed by atoms with Crippen molar-refractivity contribution in [2.75, 3.05) is 25.5 Å². The molecule has 7 nitrogen and oxygen atoms in total. The number of likely N-dealkylation sites (N-methyl/N-ethyl adjacent to an activating group) is 1. The Morgan fingerprint density at radius 1 is 1.44 bits per heavy atom. The molecule has 0 spiro atoms. The Morgan fingerprint density at radius 2 is 2.17 bits per heavy atom. The average molecular weight is 272 g/mol. The Kier molecular flexibility index (Phi) is 5.05. The second-order valence-corrected chi connectivity index (χ2v) is 5.14. The summed E-state index contributed by atoms with van der Waals surface area (Å²) in [6, 6.07) is 1.57. The highest BCUT2D eigenvalue weighted by Crippen LogP contribution is 2.18. The Morgan fingerprint density at radius 3 is 2.78 bits per heavy atom. The van der Waals surface area contributed by atoms with Crippen LogP contribution in [0.15, 0.2) is 23.4 Å². The van der Waals surface area contributed by atoms with Crippen LogP contribution in [0.4, 0.5) is 5.69 Å². The molecule has 0 unspecified atom stereocenters. The highest BCUT2D eigenvalue weighted by Gasteiger charge is 2.19. The lowest BCUT2D eigenvalue weighted by Gasteiger charge is -2.11. The third kappa shape index (κ3) is 3.67. The van der Waals surface area contributed by atoms with E-state index in [1.54, 1.807) is 6.07 Å². The number of nitrogens with one attached hydrogen (secondary N) is 3. The van der Waals surface area contributed by atoms with Crippen molar-refractivity contribution in [3.63, 3.8) is 0 Å². The second kappa shape index (κ2) is 6.31. The Balaban J connectivity index is 2.94. The Labute approximate surface area is 106 Å². The zero-order valence-corrected chi connectivity index (χ0v) is 11.0. The van der Waals surface area contributed by atoms with Crippen LogP contribution in [0.2, 0.25) is 0 Å². The van der Waals surface area contributed by atoms with Gasteiger partial charge in [0.15, 0.2) is 0 Å². The summed E-state index contributed by atoms with van der Waals surface area (Å²) in [7, 11) is -2.32. The molecule has 1 heterocycles. The van der Waals surface area contributed by atoms with Gasteiger partial charge in [0.05, 0.1) is 12.2 Å². The molecule has 8 heteroatoms. The summed E-state index contributed by atoms with van der Waals surface area (Å²) in [5.74, 6) is -0.410. The predicted octanol–water partition coefficient (Wildman–Crippen LogP) is -0.462. The van der Waals surface area contributed by atoms with Gasteiger partial charge in [-0.05, 0) is 13.0 Å². The molecule has 0 fully saturated rings. The number of aromatic nitrogens is 1. The highest BCUT2D eigenvalue weighted by molar-refractivity contribution is 7.89. The number of amides is 1. The molecule has 18 heavy (non-hydrogen) atoms. The summed E-state index contributed by atoms with van der Waals surface area (Å²) < 4.78 is 26.2. The normalized spacial score (nSPS) is 11.0. The molecule has 100 valence electrons. The topological polar surface area (TPSA) is 100 Å². The van der Waals surface area contributed by atoms with E-state index in [9.17, 15) is 13.2 Å². The summed E-state index contributed by atoms with van der Waals surface area (Å²) in [6.07, 6.45) is 2.74. The maximum absolute atomic E-state index is 12.0. The van der Waals surface area contributed by atoms with Gasteiger partial charge in [-0.1, -0.05) is 0 Å². The fourth-order valence-electron chi connectivity index (χ4n) is 1.26. The summed E-state index contributed by atoms with van der Waals surface area (Å²) >= 11 is 0. The van der Waals surface area contributed by atoms with Crippen LogP contribution in [0, 0.1) is 0 Å². The monoisotopic (exact) mass is 272 g/mol. The van der Waals surface area contributed by atoms with E-state index in [1.807, 2.05) is 6.92 Å². The number of hydrogen-bond acceptors (Lipinski definition) is 5. The molecule has 0 aliphatic rings. The lowest BCUT2D eigenvalue weighted by Crippen LogP contribution is -2.35. The van der Waals surface area contributed by atoms with Gasteiger partial charge in [-0.2, -0.15) is 0 Å². The van der Waals surface area contributed by atoms with Crippen LogP contribution < -0.4 is 15.4 Å². The van der Waals surface area contributed by atoms with E-state index in [2.05, 4.69) is 20.3 Å². The minimum Gasteiger partial charge on any atom is -0.384 e. The summed E-state index contributed by atoms with van der Waals surface area (Å²) in [5.41, 5.74) is 0.455. The molecular weight excluding hydrogens is 256 g/mol. The maximum Gasteiger partial charge on any atom is 0.244 e. The minimum atomic E-state index is -3.75. The van der Waals surface area contributed by atoms with E-state index in [0.29, 0.717) is 12.2 Å². The molecule has 0 radical (unpaired) electrons. The van der Waals surface area contributed by atoms with Crippen molar-refractivity contribution in [1.82, 2.24) is 15.0 Å². The first-order valence-electron chi connectivity index (χ1n) is 5.39. The van der Waals surface area contributed by atoms with Gasteiger partial charge < -0.3 is 10.6 Å². The fourth-order valence-corrected chi connectivity index (χ4v) is 2.36. The second-order valence-electron chi connectivity index (χ2n) is 3.40. The molecular formula is C10H16N4O3S. The van der Waals surface area contributed by atoms with E-state index in [0.717, 1.165) is 0 Å². The summed E-state index contributed by atoms with van der Waals surface area (Å²) in [5, 5.41) is 5.26. The van der Waals surface area contributed by atoms with Gasteiger partial charge in [-0.3, -0.25) is 9.78 Å². The number of sulfonamides is 1. The van der Waals surface area contributed by atoms with Crippen LogP contribution in [-0.4, -0.2) is 39.4 Å². The highest BCUT2D eigenvalue weighted by atomic mass is 32.2. The van der Waals surface area contributed by atoms with Crippen molar-refractivity contribution < 1.29 is 13.2 Å². The number of hydrogen-bond donors (Lipinski definition) is 3. The van der Waals surface area contributed by atoms with Crippen molar-refractivity contribution in [3.8, 4) is 0 Å². The van der Waals surface area contributed by atoms with Crippen LogP contribution in [0.5, 0.6) is 0 Å². The van der Waals surface area contributed by atoms with Crippen LogP contribution >= 0.6 is 0 Å². The molecule has 1 aromatic heterocycles. The van der Waals surface area contributed by atoms with Gasteiger partial charge in [0.2, 0.25) is 15.9 Å². The largest absolute Gasteiger partial charge is 0.384 e. The van der Waals surface area contributed by atoms with Gasteiger partial charge >= 0.3 is 0 Å². The van der Waals surface area contributed by atoms with Gasteiger partial charge in [0, 0.05) is 26.0 Å². The van der Waals surface area contributed by atoms with Gasteiger partial charge in [-0.15, -0.1) is 0 Å². The first kappa shape index (κ1) is 14.4. The van der Waals surface area contributed by atoms with Crippen molar-refractivity contribution in [1.29, 1.82) is 0 Å². The zero-order chi connectivity index (χ0) is 13.6. The van der Waals surface area contributed by atoms with Crippen LogP contribution in [0.25, 0.3) is 0 Å². The SMILES string of the molecule is CCNc1ccncc1S(=O)(=O)NCC(=O)NC. The van der Waals surface area contributed by atoms with Gasteiger partial charge in [0.25, 0.3) is 0 Å². The molecule has 1 rings (SSSR count). The molecule has 1 aromatic rings. The number of carbonyl (C=O) groups is 1. The molecule has 0 aliphatic heterocycles. The third-order valence-corrected chi connectivity index (χ3v) is 3.57. The van der Waals surface area contributed by atoms with Crippen molar-refractivity contribution >= 4 is 21.6 Å². The minimum absolute atomic E-state index is 0.0238. The molecule has 0 aromatic carbocycles. The first-order chi connectivity index (χ1) is 8.51. The van der Waals surface area contributed by atoms with Crippen molar-refractivity contribution in [2.24, 2.45) is 0 Å². The average Bonchev–Trinajstić information content (AvgIpc) is 2.37. The molecule has 0 saturated heterocycles. The number of anilines is 1. The van der Waals surface area contributed by atoms with Gasteiger partial charge in [0.1, 0.15) is 4.90 Å². The molecule has 1 amide bonds. The lowest BCUT2D eigenvalue weighted by molar-refractivity contribution is -0.119. The van der Waals surface area contributed by atoms with Crippen molar-refractivity contribution in [3.05, 3.63) is 18.5 Å². The summed E-state index contributed by atoms with van der Waals surface area (Å²) in [6.45, 7) is 2.13.